The predicted octanol–water partition coefficient (Wildman–Crippen LogP) is 3.79. The van der Waals surface area contributed by atoms with Crippen LogP contribution in [0.25, 0.3) is 0 Å². The number of hydrogen-bond donors (Lipinski definition) is 0. The van der Waals surface area contributed by atoms with Crippen molar-refractivity contribution >= 4 is 0 Å². The largest absolute Gasteiger partial charge is 0.468 e. The quantitative estimate of drug-likeness (QED) is 0.569. The highest BCUT2D eigenvalue weighted by Crippen LogP contribution is 2.36. The lowest BCUT2D eigenvalue weighted by molar-refractivity contribution is -0.288. The van der Waals surface area contributed by atoms with Crippen LogP contribution in [0.3, 0.4) is 0 Å². The molecule has 0 bridgehead atoms. The van der Waals surface area contributed by atoms with Crippen LogP contribution < -0.4 is 4.74 Å². The maximum atomic E-state index is 12.9. The molecule has 1 rings (SSSR count). The second kappa shape index (κ2) is 4.15. The van der Waals surface area contributed by atoms with Gasteiger partial charge in [-0.25, -0.2) is 0 Å². The van der Waals surface area contributed by atoms with Gasteiger partial charge in [0.2, 0.25) is 0 Å². The van der Waals surface area contributed by atoms with Crippen molar-refractivity contribution in [2.75, 3.05) is 0 Å². The zero-order valence-electron chi connectivity index (χ0n) is 8.51. The molecule has 16 heavy (non-hydrogen) atoms. The van der Waals surface area contributed by atoms with Gasteiger partial charge in [0.15, 0.2) is 0 Å². The van der Waals surface area contributed by atoms with Crippen molar-refractivity contribution in [3.63, 3.8) is 0 Å². The molecule has 0 unspecified atom stereocenters. The first-order valence-corrected chi connectivity index (χ1v) is 4.43. The Morgan fingerprint density at radius 2 is 1.62 bits per heavy atom. The number of ether oxygens (including phenoxy) is 1. The molecule has 0 aromatic heterocycles. The van der Waals surface area contributed by atoms with Gasteiger partial charge in [-0.15, -0.1) is 0 Å². The summed E-state index contributed by atoms with van der Waals surface area (Å²) in [5.74, 6) is -4.73. The molecule has 1 nitrogen and oxygen atoms in total. The number of rotatable bonds is 4. The monoisotopic (exact) mass is 234 g/mol. The van der Waals surface area contributed by atoms with E-state index in [2.05, 4.69) is 11.3 Å². The Kier molecular flexibility index (Phi) is 3.26. The fraction of sp³-hybridized carbons (Fsp3) is 0.273. The predicted molar refractivity (Wildman–Crippen MR) is 51.9 cm³/mol. The van der Waals surface area contributed by atoms with Gasteiger partial charge in [0.05, 0.1) is 0 Å². The van der Waals surface area contributed by atoms with Gasteiger partial charge in [0, 0.05) is 0 Å². The van der Waals surface area contributed by atoms with Gasteiger partial charge >= 0.3 is 12.0 Å². The standard InChI is InChI=1S/C11H10F4O/c1-3-10(12,13)11(14,15)16-9-6-4-8(2)5-7-9/h3-7H,1H2,2H3. The maximum Gasteiger partial charge on any atom is 0.468 e. The van der Waals surface area contributed by atoms with Crippen molar-refractivity contribution in [3.8, 4) is 5.75 Å². The molecule has 0 aliphatic carbocycles. The molecular weight excluding hydrogens is 224 g/mol. The molecule has 0 spiro atoms. The van der Waals surface area contributed by atoms with Crippen LogP contribution in [0, 0.1) is 6.92 Å². The minimum atomic E-state index is -4.61. The fourth-order valence-corrected chi connectivity index (χ4v) is 0.941. The van der Waals surface area contributed by atoms with Crippen molar-refractivity contribution in [2.24, 2.45) is 0 Å². The Bertz CT molecular complexity index is 370. The first-order chi connectivity index (χ1) is 7.28. The molecule has 0 aliphatic rings. The lowest BCUT2D eigenvalue weighted by Gasteiger charge is -2.23. The van der Waals surface area contributed by atoms with Gasteiger partial charge in [0.25, 0.3) is 0 Å². The first-order valence-electron chi connectivity index (χ1n) is 4.43. The molecule has 0 fully saturated rings. The van der Waals surface area contributed by atoms with Crippen molar-refractivity contribution in [3.05, 3.63) is 42.5 Å². The van der Waals surface area contributed by atoms with E-state index in [0.717, 1.165) is 5.56 Å². The molecule has 0 N–H and O–H groups in total. The molecule has 0 saturated carbocycles. The number of halogens is 4. The van der Waals surface area contributed by atoms with E-state index in [0.29, 0.717) is 0 Å². The molecule has 0 amide bonds. The smallest absolute Gasteiger partial charge is 0.428 e. The van der Waals surface area contributed by atoms with E-state index in [9.17, 15) is 17.6 Å². The Morgan fingerprint density at radius 3 is 2.06 bits per heavy atom. The summed E-state index contributed by atoms with van der Waals surface area (Å²) in [5.41, 5.74) is 0.811. The van der Waals surface area contributed by atoms with E-state index in [1.54, 1.807) is 6.92 Å². The molecular formula is C11H10F4O. The third kappa shape index (κ3) is 2.53. The van der Waals surface area contributed by atoms with Crippen molar-refractivity contribution in [1.82, 2.24) is 0 Å². The molecule has 5 heteroatoms. The Labute approximate surface area is 90.3 Å². The summed E-state index contributed by atoms with van der Waals surface area (Å²) in [6, 6.07) is 5.36. The Balaban J connectivity index is 2.88. The third-order valence-electron chi connectivity index (χ3n) is 1.91. The second-order valence-corrected chi connectivity index (χ2v) is 3.26. The zero-order chi connectivity index (χ0) is 12.4. The van der Waals surface area contributed by atoms with Crippen LogP contribution in [0.4, 0.5) is 17.6 Å². The van der Waals surface area contributed by atoms with Gasteiger partial charge in [-0.3, -0.25) is 0 Å². The highest BCUT2D eigenvalue weighted by atomic mass is 19.3. The lowest BCUT2D eigenvalue weighted by Crippen LogP contribution is -2.43. The van der Waals surface area contributed by atoms with E-state index in [-0.39, 0.29) is 11.8 Å². The second-order valence-electron chi connectivity index (χ2n) is 3.26. The summed E-state index contributed by atoms with van der Waals surface area (Å²) in [7, 11) is 0. The Hall–Kier alpha value is -1.52. The highest BCUT2D eigenvalue weighted by molar-refractivity contribution is 5.26. The van der Waals surface area contributed by atoms with Crippen LogP contribution >= 0.6 is 0 Å². The molecule has 1 aromatic carbocycles. The van der Waals surface area contributed by atoms with Crippen LogP contribution in [0.15, 0.2) is 36.9 Å². The molecule has 0 atom stereocenters. The van der Waals surface area contributed by atoms with Crippen LogP contribution in [0.2, 0.25) is 0 Å². The summed E-state index contributed by atoms with van der Waals surface area (Å²) in [5, 5.41) is 0. The molecule has 0 heterocycles. The van der Waals surface area contributed by atoms with Gasteiger partial charge in [-0.2, -0.15) is 17.6 Å². The molecule has 0 radical (unpaired) electrons. The summed E-state index contributed by atoms with van der Waals surface area (Å²) in [6.45, 7) is 4.38. The SMILES string of the molecule is C=CC(F)(F)C(F)(F)Oc1ccc(C)cc1. The average Bonchev–Trinajstić information content (AvgIpc) is 2.21. The Morgan fingerprint density at radius 1 is 1.12 bits per heavy atom. The maximum absolute atomic E-state index is 12.9. The van der Waals surface area contributed by atoms with Crippen molar-refractivity contribution in [1.29, 1.82) is 0 Å². The zero-order valence-corrected chi connectivity index (χ0v) is 8.51. The normalized spacial score (nSPS) is 12.3. The molecule has 88 valence electrons. The molecule has 1 aromatic rings. The van der Waals surface area contributed by atoms with Crippen molar-refractivity contribution in [2.45, 2.75) is 19.0 Å². The van der Waals surface area contributed by atoms with Gasteiger partial charge in [-0.1, -0.05) is 24.3 Å². The topological polar surface area (TPSA) is 9.23 Å². The van der Waals surface area contributed by atoms with E-state index < -0.39 is 12.0 Å². The molecule has 0 aliphatic heterocycles. The summed E-state index contributed by atoms with van der Waals surface area (Å²) in [4.78, 5) is 0. The van der Waals surface area contributed by atoms with Gasteiger partial charge in [-0.05, 0) is 25.1 Å². The minimum Gasteiger partial charge on any atom is -0.428 e. The van der Waals surface area contributed by atoms with E-state index in [1.807, 2.05) is 0 Å². The van der Waals surface area contributed by atoms with Crippen LogP contribution in [-0.4, -0.2) is 12.0 Å². The molecule has 0 saturated heterocycles. The van der Waals surface area contributed by atoms with Crippen LogP contribution in [0.5, 0.6) is 5.75 Å². The number of benzene rings is 1. The highest BCUT2D eigenvalue weighted by Gasteiger charge is 2.57. The van der Waals surface area contributed by atoms with Gasteiger partial charge < -0.3 is 4.74 Å². The fourth-order valence-electron chi connectivity index (χ4n) is 0.941. The first kappa shape index (κ1) is 12.5. The number of hydrogen-bond acceptors (Lipinski definition) is 1. The van der Waals surface area contributed by atoms with E-state index >= 15 is 0 Å². The number of alkyl halides is 4. The minimum absolute atomic E-state index is 0.138. The average molecular weight is 234 g/mol. The lowest BCUT2D eigenvalue weighted by atomic mass is 10.2. The summed E-state index contributed by atoms with van der Waals surface area (Å²) in [6.07, 6.45) is -4.74. The van der Waals surface area contributed by atoms with Crippen LogP contribution in [-0.2, 0) is 0 Å². The third-order valence-corrected chi connectivity index (χ3v) is 1.91. The van der Waals surface area contributed by atoms with Gasteiger partial charge in [0.1, 0.15) is 5.75 Å². The van der Waals surface area contributed by atoms with Crippen molar-refractivity contribution < 1.29 is 22.3 Å². The van der Waals surface area contributed by atoms with E-state index in [1.165, 1.54) is 24.3 Å². The van der Waals surface area contributed by atoms with E-state index in [4.69, 9.17) is 0 Å². The summed E-state index contributed by atoms with van der Waals surface area (Å²) >= 11 is 0. The van der Waals surface area contributed by atoms with Crippen LogP contribution in [0.1, 0.15) is 5.56 Å². The summed E-state index contributed by atoms with van der Waals surface area (Å²) < 4.78 is 55.3. The number of aryl methyl sites for hydroxylation is 1.